The summed E-state index contributed by atoms with van der Waals surface area (Å²) in [5.41, 5.74) is 3.55. The summed E-state index contributed by atoms with van der Waals surface area (Å²) in [6.07, 6.45) is 1.72. The topological polar surface area (TPSA) is 91.3 Å². The predicted molar refractivity (Wildman–Crippen MR) is 121 cm³/mol. The Labute approximate surface area is 189 Å². The van der Waals surface area contributed by atoms with E-state index in [0.29, 0.717) is 17.0 Å². The number of pyridine rings is 2. The summed E-state index contributed by atoms with van der Waals surface area (Å²) >= 11 is 1.42. The van der Waals surface area contributed by atoms with Gasteiger partial charge in [-0.1, -0.05) is 24.3 Å². The second kappa shape index (κ2) is 9.65. The molecule has 32 heavy (non-hydrogen) atoms. The minimum Gasteiger partial charge on any atom is -0.462 e. The van der Waals surface area contributed by atoms with Crippen LogP contribution in [0.15, 0.2) is 54.0 Å². The van der Waals surface area contributed by atoms with Gasteiger partial charge in [-0.2, -0.15) is 0 Å². The number of carbonyl (C=O) groups is 2. The lowest BCUT2D eigenvalue weighted by molar-refractivity contribution is -0.144. The zero-order chi connectivity index (χ0) is 22.5. The average Bonchev–Trinajstić information content (AvgIpc) is 3.27. The van der Waals surface area contributed by atoms with Crippen molar-refractivity contribution < 1.29 is 19.1 Å². The molecule has 3 heterocycles. The maximum atomic E-state index is 12.6. The first-order valence-electron chi connectivity index (χ1n) is 10.1. The van der Waals surface area contributed by atoms with Gasteiger partial charge in [0.05, 0.1) is 41.2 Å². The minimum atomic E-state index is -0.478. The number of rotatable bonds is 7. The van der Waals surface area contributed by atoms with E-state index in [1.807, 2.05) is 54.8 Å². The lowest BCUT2D eigenvalue weighted by Crippen LogP contribution is -2.15. The van der Waals surface area contributed by atoms with Gasteiger partial charge in [0.2, 0.25) is 0 Å². The van der Waals surface area contributed by atoms with E-state index in [-0.39, 0.29) is 19.6 Å². The number of aromatic nitrogens is 3. The van der Waals surface area contributed by atoms with Crippen LogP contribution in [0.5, 0.6) is 0 Å². The summed E-state index contributed by atoms with van der Waals surface area (Å²) in [4.78, 5) is 38.4. The molecular formula is C24H21N3O4S. The van der Waals surface area contributed by atoms with Crippen molar-refractivity contribution in [3.63, 3.8) is 0 Å². The Morgan fingerprint density at radius 2 is 1.84 bits per heavy atom. The summed E-state index contributed by atoms with van der Waals surface area (Å²) in [6, 6.07) is 13.1. The van der Waals surface area contributed by atoms with E-state index in [0.717, 1.165) is 27.2 Å². The first kappa shape index (κ1) is 21.6. The molecule has 0 unspecified atom stereocenters. The van der Waals surface area contributed by atoms with Gasteiger partial charge in [0, 0.05) is 17.0 Å². The Hall–Kier alpha value is -3.65. The van der Waals surface area contributed by atoms with Crippen LogP contribution in [0.4, 0.5) is 0 Å². The van der Waals surface area contributed by atoms with Gasteiger partial charge in [-0.3, -0.25) is 9.78 Å². The van der Waals surface area contributed by atoms with E-state index in [1.165, 1.54) is 11.3 Å². The number of nitrogens with zero attached hydrogens (tertiary/aromatic N) is 3. The fourth-order valence-electron chi connectivity index (χ4n) is 3.36. The zero-order valence-corrected chi connectivity index (χ0v) is 18.5. The fraction of sp³-hybridized carbons (Fsp3) is 0.208. The molecule has 0 aliphatic carbocycles. The largest absolute Gasteiger partial charge is 0.462 e. The second-order valence-electron chi connectivity index (χ2n) is 6.99. The lowest BCUT2D eigenvalue weighted by atomic mass is 10.0. The summed E-state index contributed by atoms with van der Waals surface area (Å²) < 4.78 is 10.7. The highest BCUT2D eigenvalue weighted by Gasteiger charge is 2.21. The number of carbonyl (C=O) groups excluding carboxylic acids is 2. The molecule has 0 radical (unpaired) electrons. The van der Waals surface area contributed by atoms with E-state index in [2.05, 4.69) is 15.0 Å². The van der Waals surface area contributed by atoms with Crippen molar-refractivity contribution >= 4 is 34.2 Å². The van der Waals surface area contributed by atoms with Gasteiger partial charge >= 0.3 is 11.9 Å². The van der Waals surface area contributed by atoms with Crippen LogP contribution >= 0.6 is 11.3 Å². The molecule has 0 spiro atoms. The smallest absolute Gasteiger partial charge is 0.340 e. The van der Waals surface area contributed by atoms with Gasteiger partial charge in [-0.25, -0.2) is 14.8 Å². The van der Waals surface area contributed by atoms with E-state index in [9.17, 15) is 9.59 Å². The SMILES string of the molecule is CCOC(=O)c1c(COC(=O)Cc2csc(-c3ccccn3)n2)nc2ccccc2c1C. The Morgan fingerprint density at radius 1 is 1.03 bits per heavy atom. The quantitative estimate of drug-likeness (QED) is 0.385. The van der Waals surface area contributed by atoms with Crippen molar-refractivity contribution in [2.45, 2.75) is 26.9 Å². The van der Waals surface area contributed by atoms with Crippen LogP contribution in [0.3, 0.4) is 0 Å². The molecule has 0 bridgehead atoms. The first-order valence-corrected chi connectivity index (χ1v) is 11.0. The third kappa shape index (κ3) is 4.65. The van der Waals surface area contributed by atoms with Gasteiger partial charge in [-0.05, 0) is 37.6 Å². The van der Waals surface area contributed by atoms with E-state index >= 15 is 0 Å². The summed E-state index contributed by atoms with van der Waals surface area (Å²) in [6.45, 7) is 3.70. The molecule has 4 aromatic rings. The molecule has 0 saturated carbocycles. The molecule has 0 N–H and O–H groups in total. The molecular weight excluding hydrogens is 426 g/mol. The number of fused-ring (bicyclic) bond motifs is 1. The first-order chi connectivity index (χ1) is 15.6. The Kier molecular flexibility index (Phi) is 6.51. The molecule has 0 amide bonds. The van der Waals surface area contributed by atoms with Crippen LogP contribution < -0.4 is 0 Å². The highest BCUT2D eigenvalue weighted by Crippen LogP contribution is 2.25. The van der Waals surface area contributed by atoms with E-state index < -0.39 is 11.9 Å². The number of aryl methyl sites for hydroxylation is 1. The summed E-state index contributed by atoms with van der Waals surface area (Å²) in [5.74, 6) is -0.931. The molecule has 0 aliphatic rings. The van der Waals surface area contributed by atoms with Crippen LogP contribution in [-0.4, -0.2) is 33.5 Å². The van der Waals surface area contributed by atoms with E-state index in [1.54, 1.807) is 13.1 Å². The maximum Gasteiger partial charge on any atom is 0.340 e. The molecule has 8 heteroatoms. The Bertz CT molecular complexity index is 1270. The third-order valence-electron chi connectivity index (χ3n) is 4.84. The maximum absolute atomic E-state index is 12.6. The number of hydrogen-bond acceptors (Lipinski definition) is 8. The molecule has 7 nitrogen and oxygen atoms in total. The minimum absolute atomic E-state index is 0.0185. The van der Waals surface area contributed by atoms with Gasteiger partial charge in [0.1, 0.15) is 11.6 Å². The highest BCUT2D eigenvalue weighted by atomic mass is 32.1. The van der Waals surface area contributed by atoms with Gasteiger partial charge in [-0.15, -0.1) is 11.3 Å². The lowest BCUT2D eigenvalue weighted by Gasteiger charge is -2.14. The monoisotopic (exact) mass is 447 g/mol. The third-order valence-corrected chi connectivity index (χ3v) is 5.75. The van der Waals surface area contributed by atoms with Crippen LogP contribution in [0.25, 0.3) is 21.6 Å². The molecule has 0 saturated heterocycles. The average molecular weight is 448 g/mol. The van der Waals surface area contributed by atoms with Crippen LogP contribution in [0, 0.1) is 6.92 Å². The highest BCUT2D eigenvalue weighted by molar-refractivity contribution is 7.13. The summed E-state index contributed by atoms with van der Waals surface area (Å²) in [5, 5.41) is 3.41. The number of benzene rings is 1. The number of thiazole rings is 1. The zero-order valence-electron chi connectivity index (χ0n) is 17.7. The number of esters is 2. The van der Waals surface area contributed by atoms with Crippen LogP contribution in [0.1, 0.15) is 34.2 Å². The number of para-hydroxylation sites is 1. The molecule has 0 fully saturated rings. The molecule has 0 aliphatic heterocycles. The summed E-state index contributed by atoms with van der Waals surface area (Å²) in [7, 11) is 0. The predicted octanol–water partition coefficient (Wildman–Crippen LogP) is 4.52. The standard InChI is InChI=1S/C24H21N3O4S/c1-3-30-24(29)22-15(2)17-8-4-5-9-18(17)27-20(22)13-31-21(28)12-16-14-32-23(26-16)19-10-6-7-11-25-19/h4-11,14H,3,12-13H2,1-2H3. The van der Waals surface area contributed by atoms with Crippen molar-refractivity contribution in [3.05, 3.63) is 76.6 Å². The Balaban J connectivity index is 1.51. The Morgan fingerprint density at radius 3 is 2.62 bits per heavy atom. The van der Waals surface area contributed by atoms with Crippen molar-refractivity contribution in [2.75, 3.05) is 6.61 Å². The van der Waals surface area contributed by atoms with Crippen LogP contribution in [0.2, 0.25) is 0 Å². The van der Waals surface area contributed by atoms with Gasteiger partial charge in [0.15, 0.2) is 0 Å². The second-order valence-corrected chi connectivity index (χ2v) is 7.85. The molecule has 0 atom stereocenters. The molecule has 162 valence electrons. The normalized spacial score (nSPS) is 10.8. The molecule has 1 aromatic carbocycles. The van der Waals surface area contributed by atoms with Gasteiger partial charge in [0.25, 0.3) is 0 Å². The van der Waals surface area contributed by atoms with Crippen LogP contribution in [-0.2, 0) is 27.3 Å². The van der Waals surface area contributed by atoms with Crippen molar-refractivity contribution in [1.29, 1.82) is 0 Å². The molecule has 3 aromatic heterocycles. The van der Waals surface area contributed by atoms with Crippen molar-refractivity contribution in [1.82, 2.24) is 15.0 Å². The van der Waals surface area contributed by atoms with E-state index in [4.69, 9.17) is 9.47 Å². The van der Waals surface area contributed by atoms with Crippen molar-refractivity contribution in [3.8, 4) is 10.7 Å². The number of ether oxygens (including phenoxy) is 2. The number of hydrogen-bond donors (Lipinski definition) is 0. The molecule has 4 rings (SSSR count). The van der Waals surface area contributed by atoms with Gasteiger partial charge < -0.3 is 9.47 Å². The fourth-order valence-corrected chi connectivity index (χ4v) is 4.16. The van der Waals surface area contributed by atoms with Crippen molar-refractivity contribution in [2.24, 2.45) is 0 Å².